The third kappa shape index (κ3) is 4.79. The summed E-state index contributed by atoms with van der Waals surface area (Å²) in [6, 6.07) is 8.03. The first kappa shape index (κ1) is 17.5. The molecule has 0 saturated carbocycles. The number of benzene rings is 1. The molecule has 1 fully saturated rings. The second-order valence-electron chi connectivity index (χ2n) is 7.03. The highest BCUT2D eigenvalue weighted by Gasteiger charge is 2.35. The van der Waals surface area contributed by atoms with Crippen LogP contribution in [0.25, 0.3) is 0 Å². The van der Waals surface area contributed by atoms with Gasteiger partial charge < -0.3 is 16.0 Å². The molecule has 1 aliphatic heterocycles. The smallest absolute Gasteiger partial charge is 0.227 e. The fourth-order valence-corrected chi connectivity index (χ4v) is 2.72. The van der Waals surface area contributed by atoms with Crippen molar-refractivity contribution in [2.24, 2.45) is 11.7 Å². The van der Waals surface area contributed by atoms with Crippen molar-refractivity contribution in [3.05, 3.63) is 29.8 Å². The van der Waals surface area contributed by atoms with Gasteiger partial charge in [-0.15, -0.1) is 0 Å². The minimum absolute atomic E-state index is 0.000371. The first-order chi connectivity index (χ1) is 10.8. The molecule has 2 amide bonds. The van der Waals surface area contributed by atoms with Crippen LogP contribution < -0.4 is 16.0 Å². The fourth-order valence-electron chi connectivity index (χ4n) is 2.72. The molecular weight excluding hydrogens is 290 g/mol. The zero-order valence-corrected chi connectivity index (χ0v) is 14.3. The van der Waals surface area contributed by atoms with E-state index in [0.717, 1.165) is 18.5 Å². The number of anilines is 1. The molecular formula is C18H27N3O2. The van der Waals surface area contributed by atoms with Crippen molar-refractivity contribution in [2.75, 3.05) is 18.0 Å². The molecule has 0 radical (unpaired) electrons. The molecule has 0 aromatic heterocycles. The maximum atomic E-state index is 12.2. The molecule has 1 atom stereocenters. The second-order valence-corrected chi connectivity index (χ2v) is 7.03. The van der Waals surface area contributed by atoms with Gasteiger partial charge in [0.1, 0.15) is 0 Å². The fraction of sp³-hybridized carbons (Fsp3) is 0.556. The molecule has 3 N–H and O–H groups in total. The summed E-state index contributed by atoms with van der Waals surface area (Å²) in [6.07, 6.45) is 2.39. The van der Waals surface area contributed by atoms with Gasteiger partial charge in [-0.25, -0.2) is 0 Å². The Morgan fingerprint density at radius 1 is 1.35 bits per heavy atom. The highest BCUT2D eigenvalue weighted by Crippen LogP contribution is 2.25. The SMILES string of the molecule is CCCc1ccc(N2CC(C(=O)NCC(C)(C)N)CC2=O)cc1. The predicted molar refractivity (Wildman–Crippen MR) is 92.2 cm³/mol. The van der Waals surface area contributed by atoms with Gasteiger partial charge in [-0.3, -0.25) is 9.59 Å². The van der Waals surface area contributed by atoms with Crippen molar-refractivity contribution in [2.45, 2.75) is 45.6 Å². The standard InChI is InChI=1S/C18H27N3O2/c1-4-5-13-6-8-15(9-7-13)21-11-14(10-16(21)22)17(23)20-12-18(2,3)19/h6-9,14H,4-5,10-12,19H2,1-3H3,(H,20,23). The lowest BCUT2D eigenvalue weighted by Crippen LogP contribution is -2.46. The van der Waals surface area contributed by atoms with Gasteiger partial charge >= 0.3 is 0 Å². The molecule has 1 aromatic rings. The van der Waals surface area contributed by atoms with Crippen LogP contribution >= 0.6 is 0 Å². The van der Waals surface area contributed by atoms with Crippen molar-refractivity contribution < 1.29 is 9.59 Å². The van der Waals surface area contributed by atoms with Crippen molar-refractivity contribution in [3.63, 3.8) is 0 Å². The lowest BCUT2D eigenvalue weighted by Gasteiger charge is -2.21. The number of hydrogen-bond acceptors (Lipinski definition) is 3. The summed E-state index contributed by atoms with van der Waals surface area (Å²) >= 11 is 0. The van der Waals surface area contributed by atoms with Crippen molar-refractivity contribution in [3.8, 4) is 0 Å². The zero-order valence-electron chi connectivity index (χ0n) is 14.3. The molecule has 126 valence electrons. The Bertz CT molecular complexity index is 561. The normalized spacial score (nSPS) is 18.3. The minimum Gasteiger partial charge on any atom is -0.354 e. The van der Waals surface area contributed by atoms with Crippen LogP contribution in [0, 0.1) is 5.92 Å². The molecule has 1 aliphatic rings. The first-order valence-corrected chi connectivity index (χ1v) is 8.26. The van der Waals surface area contributed by atoms with Crippen molar-refractivity contribution in [1.29, 1.82) is 0 Å². The first-order valence-electron chi connectivity index (χ1n) is 8.26. The molecule has 23 heavy (non-hydrogen) atoms. The second kappa shape index (κ2) is 7.13. The van der Waals surface area contributed by atoms with Crippen LogP contribution in [0.5, 0.6) is 0 Å². The van der Waals surface area contributed by atoms with E-state index < -0.39 is 5.54 Å². The van der Waals surface area contributed by atoms with Gasteiger partial charge in [-0.05, 0) is 38.0 Å². The van der Waals surface area contributed by atoms with Crippen LogP contribution in [0.4, 0.5) is 5.69 Å². The van der Waals surface area contributed by atoms with Gasteiger partial charge in [0.05, 0.1) is 5.92 Å². The number of nitrogens with two attached hydrogens (primary N) is 1. The molecule has 0 spiro atoms. The van der Waals surface area contributed by atoms with E-state index >= 15 is 0 Å². The van der Waals surface area contributed by atoms with E-state index in [1.807, 2.05) is 26.0 Å². The maximum absolute atomic E-state index is 12.2. The number of carbonyl (C=O) groups excluding carboxylic acids is 2. The van der Waals surface area contributed by atoms with Crippen LogP contribution in [-0.2, 0) is 16.0 Å². The van der Waals surface area contributed by atoms with Crippen LogP contribution in [0.2, 0.25) is 0 Å². The van der Waals surface area contributed by atoms with Gasteiger partial charge in [-0.2, -0.15) is 0 Å². The van der Waals surface area contributed by atoms with Crippen molar-refractivity contribution >= 4 is 17.5 Å². The van der Waals surface area contributed by atoms with E-state index in [9.17, 15) is 9.59 Å². The van der Waals surface area contributed by atoms with E-state index in [2.05, 4.69) is 24.4 Å². The van der Waals surface area contributed by atoms with Gasteiger partial charge in [0.2, 0.25) is 11.8 Å². The molecule has 1 heterocycles. The van der Waals surface area contributed by atoms with Crippen LogP contribution in [0.15, 0.2) is 24.3 Å². The Hall–Kier alpha value is -1.88. The third-order valence-electron chi connectivity index (χ3n) is 4.00. The quantitative estimate of drug-likeness (QED) is 0.840. The van der Waals surface area contributed by atoms with Crippen LogP contribution in [0.3, 0.4) is 0 Å². The summed E-state index contributed by atoms with van der Waals surface area (Å²) in [7, 11) is 0. The monoisotopic (exact) mass is 317 g/mol. The number of rotatable bonds is 6. The average molecular weight is 317 g/mol. The molecule has 0 aliphatic carbocycles. The number of aryl methyl sites for hydroxylation is 1. The van der Waals surface area contributed by atoms with Gasteiger partial charge in [-0.1, -0.05) is 25.5 Å². The summed E-state index contributed by atoms with van der Waals surface area (Å²) in [4.78, 5) is 26.1. The minimum atomic E-state index is -0.451. The van der Waals surface area contributed by atoms with E-state index in [4.69, 9.17) is 5.73 Å². The Morgan fingerprint density at radius 2 is 2.00 bits per heavy atom. The summed E-state index contributed by atoms with van der Waals surface area (Å²) in [6.45, 7) is 6.70. The Kier molecular flexibility index (Phi) is 5.42. The lowest BCUT2D eigenvalue weighted by atomic mass is 10.1. The Balaban J connectivity index is 1.98. The van der Waals surface area contributed by atoms with E-state index in [1.54, 1.807) is 4.90 Å². The highest BCUT2D eigenvalue weighted by atomic mass is 16.2. The van der Waals surface area contributed by atoms with E-state index in [-0.39, 0.29) is 24.2 Å². The molecule has 1 aromatic carbocycles. The lowest BCUT2D eigenvalue weighted by molar-refractivity contribution is -0.126. The topological polar surface area (TPSA) is 75.4 Å². The van der Waals surface area contributed by atoms with E-state index in [0.29, 0.717) is 13.1 Å². The van der Waals surface area contributed by atoms with Crippen LogP contribution in [0.1, 0.15) is 39.2 Å². The predicted octanol–water partition coefficient (Wildman–Crippen LogP) is 1.85. The Labute approximate surface area is 138 Å². The molecule has 5 heteroatoms. The molecule has 1 saturated heterocycles. The van der Waals surface area contributed by atoms with E-state index in [1.165, 1.54) is 5.56 Å². The molecule has 1 unspecified atom stereocenters. The van der Waals surface area contributed by atoms with Gasteiger partial charge in [0, 0.05) is 30.7 Å². The summed E-state index contributed by atoms with van der Waals surface area (Å²) in [5.74, 6) is -0.400. The number of hydrogen-bond donors (Lipinski definition) is 2. The van der Waals surface area contributed by atoms with Gasteiger partial charge in [0.15, 0.2) is 0 Å². The number of carbonyl (C=O) groups is 2. The van der Waals surface area contributed by atoms with Gasteiger partial charge in [0.25, 0.3) is 0 Å². The van der Waals surface area contributed by atoms with Crippen LogP contribution in [-0.4, -0.2) is 30.4 Å². The maximum Gasteiger partial charge on any atom is 0.227 e. The number of nitrogens with one attached hydrogen (secondary N) is 1. The number of amides is 2. The van der Waals surface area contributed by atoms with Crippen molar-refractivity contribution in [1.82, 2.24) is 5.32 Å². The largest absolute Gasteiger partial charge is 0.354 e. The molecule has 0 bridgehead atoms. The third-order valence-corrected chi connectivity index (χ3v) is 4.00. The number of nitrogens with zero attached hydrogens (tertiary/aromatic N) is 1. The molecule has 2 rings (SSSR count). The zero-order chi connectivity index (χ0) is 17.0. The summed E-state index contributed by atoms with van der Waals surface area (Å²) in [5, 5.41) is 2.84. The Morgan fingerprint density at radius 3 is 2.57 bits per heavy atom. The summed E-state index contributed by atoms with van der Waals surface area (Å²) in [5.41, 5.74) is 7.55. The average Bonchev–Trinajstić information content (AvgIpc) is 2.87. The molecule has 5 nitrogen and oxygen atoms in total. The summed E-state index contributed by atoms with van der Waals surface area (Å²) < 4.78 is 0. The highest BCUT2D eigenvalue weighted by molar-refractivity contribution is 6.00.